The van der Waals surface area contributed by atoms with Gasteiger partial charge in [-0.05, 0) is 37.1 Å². The number of ether oxygens (including phenoxy) is 1. The van der Waals surface area contributed by atoms with Crippen LogP contribution in [0.2, 0.25) is 0 Å². The average Bonchev–Trinajstić information content (AvgIpc) is 2.27. The Kier molecular flexibility index (Phi) is 4.88. The maximum Gasteiger partial charge on any atom is 0.321 e. The van der Waals surface area contributed by atoms with E-state index in [4.69, 9.17) is 15.6 Å². The van der Waals surface area contributed by atoms with E-state index < -0.39 is 17.9 Å². The number of aliphatic carboxylic acids is 1. The minimum Gasteiger partial charge on any atom is -0.496 e. The van der Waals surface area contributed by atoms with Crippen LogP contribution in [0.5, 0.6) is 5.75 Å². The van der Waals surface area contributed by atoms with Crippen LogP contribution < -0.4 is 15.8 Å². The highest BCUT2D eigenvalue weighted by Gasteiger charge is 2.16. The Morgan fingerprint density at radius 2 is 1.89 bits per heavy atom. The normalized spacial score (nSPS) is 11.8. The standard InChI is InChI=1S/C13H18N2O4/c1-7-4-9(5-8(2)12(7)19-3)15-11(16)6-10(14)13(17)18/h4-5,10H,6,14H2,1-3H3,(H,15,16)(H,17,18). The van der Waals surface area contributed by atoms with Crippen molar-refractivity contribution in [2.75, 3.05) is 12.4 Å². The molecule has 0 bridgehead atoms. The largest absolute Gasteiger partial charge is 0.496 e. The number of amides is 1. The van der Waals surface area contributed by atoms with Crippen molar-refractivity contribution < 1.29 is 19.4 Å². The summed E-state index contributed by atoms with van der Waals surface area (Å²) >= 11 is 0. The molecule has 1 rings (SSSR count). The molecule has 0 radical (unpaired) electrons. The Bertz CT molecular complexity index is 476. The van der Waals surface area contributed by atoms with Crippen molar-refractivity contribution in [1.82, 2.24) is 0 Å². The highest BCUT2D eigenvalue weighted by atomic mass is 16.5. The van der Waals surface area contributed by atoms with Gasteiger partial charge in [-0.25, -0.2) is 0 Å². The summed E-state index contributed by atoms with van der Waals surface area (Å²) in [6.45, 7) is 3.73. The highest BCUT2D eigenvalue weighted by Crippen LogP contribution is 2.26. The molecule has 19 heavy (non-hydrogen) atoms. The molecule has 1 atom stereocenters. The number of rotatable bonds is 5. The first-order valence-corrected chi connectivity index (χ1v) is 5.78. The Hall–Kier alpha value is -2.08. The Morgan fingerprint density at radius 1 is 1.37 bits per heavy atom. The quantitative estimate of drug-likeness (QED) is 0.739. The molecule has 6 heteroatoms. The van der Waals surface area contributed by atoms with Crippen LogP contribution in [0.15, 0.2) is 12.1 Å². The summed E-state index contributed by atoms with van der Waals surface area (Å²) in [5, 5.41) is 11.3. The second kappa shape index (κ2) is 6.19. The Morgan fingerprint density at radius 3 is 2.32 bits per heavy atom. The molecule has 0 aliphatic rings. The van der Waals surface area contributed by atoms with Crippen molar-refractivity contribution in [1.29, 1.82) is 0 Å². The number of carboxylic acid groups (broad SMARTS) is 1. The first kappa shape index (κ1) is 15.0. The smallest absolute Gasteiger partial charge is 0.321 e. The number of benzene rings is 1. The lowest BCUT2D eigenvalue weighted by atomic mass is 10.1. The third kappa shape index (κ3) is 3.96. The monoisotopic (exact) mass is 266 g/mol. The predicted molar refractivity (Wildman–Crippen MR) is 71.3 cm³/mol. The molecule has 0 fully saturated rings. The van der Waals surface area contributed by atoms with Crippen molar-refractivity contribution in [3.05, 3.63) is 23.3 Å². The van der Waals surface area contributed by atoms with E-state index in [1.54, 1.807) is 19.2 Å². The third-order valence-corrected chi connectivity index (χ3v) is 2.67. The van der Waals surface area contributed by atoms with E-state index in [0.29, 0.717) is 5.69 Å². The molecule has 0 heterocycles. The van der Waals surface area contributed by atoms with Crippen LogP contribution in [0.3, 0.4) is 0 Å². The lowest BCUT2D eigenvalue weighted by Crippen LogP contribution is -2.34. The molecule has 4 N–H and O–H groups in total. The van der Waals surface area contributed by atoms with Crippen molar-refractivity contribution in [3.63, 3.8) is 0 Å². The Balaban J connectivity index is 2.78. The molecule has 1 aromatic rings. The molecule has 0 spiro atoms. The molecule has 1 amide bonds. The zero-order valence-corrected chi connectivity index (χ0v) is 11.2. The van der Waals surface area contributed by atoms with Gasteiger partial charge < -0.3 is 20.9 Å². The molecule has 104 valence electrons. The van der Waals surface area contributed by atoms with Crippen LogP contribution in [-0.2, 0) is 9.59 Å². The van der Waals surface area contributed by atoms with Gasteiger partial charge in [0.1, 0.15) is 11.8 Å². The number of anilines is 1. The SMILES string of the molecule is COc1c(C)cc(NC(=O)CC(N)C(=O)O)cc1C. The van der Waals surface area contributed by atoms with Gasteiger partial charge >= 0.3 is 5.97 Å². The number of aryl methyl sites for hydroxylation is 2. The number of hydrogen-bond donors (Lipinski definition) is 3. The Labute approximate surface area is 111 Å². The second-order valence-electron chi connectivity index (χ2n) is 4.34. The molecule has 0 saturated carbocycles. The van der Waals surface area contributed by atoms with E-state index >= 15 is 0 Å². The fourth-order valence-corrected chi connectivity index (χ4v) is 1.84. The molecule has 0 aliphatic heterocycles. The minimum absolute atomic E-state index is 0.264. The number of carboxylic acids is 1. The van der Waals surface area contributed by atoms with Crippen LogP contribution in [0.4, 0.5) is 5.69 Å². The second-order valence-corrected chi connectivity index (χ2v) is 4.34. The summed E-state index contributed by atoms with van der Waals surface area (Å²) in [4.78, 5) is 22.2. The summed E-state index contributed by atoms with van der Waals surface area (Å²) in [6, 6.07) is 2.33. The van der Waals surface area contributed by atoms with E-state index in [0.717, 1.165) is 16.9 Å². The van der Waals surface area contributed by atoms with E-state index in [9.17, 15) is 9.59 Å². The van der Waals surface area contributed by atoms with Crippen LogP contribution in [0.1, 0.15) is 17.5 Å². The van der Waals surface area contributed by atoms with E-state index in [-0.39, 0.29) is 6.42 Å². The first-order valence-electron chi connectivity index (χ1n) is 5.78. The molecule has 6 nitrogen and oxygen atoms in total. The van der Waals surface area contributed by atoms with Crippen LogP contribution in [0, 0.1) is 13.8 Å². The summed E-state index contributed by atoms with van der Waals surface area (Å²) in [7, 11) is 1.58. The average molecular weight is 266 g/mol. The summed E-state index contributed by atoms with van der Waals surface area (Å²) < 4.78 is 5.22. The van der Waals surface area contributed by atoms with Crippen LogP contribution in [-0.4, -0.2) is 30.1 Å². The first-order chi connectivity index (χ1) is 8.85. The molecular formula is C13H18N2O4. The van der Waals surface area contributed by atoms with Gasteiger partial charge in [-0.15, -0.1) is 0 Å². The maximum absolute atomic E-state index is 11.6. The highest BCUT2D eigenvalue weighted by molar-refractivity contribution is 5.94. The van der Waals surface area contributed by atoms with Gasteiger partial charge in [0.25, 0.3) is 0 Å². The maximum atomic E-state index is 11.6. The fraction of sp³-hybridized carbons (Fsp3) is 0.385. The van der Waals surface area contributed by atoms with E-state index in [1.165, 1.54) is 0 Å². The number of nitrogens with one attached hydrogen (secondary N) is 1. The number of carbonyl (C=O) groups is 2. The van der Waals surface area contributed by atoms with Crippen molar-refractivity contribution in [2.24, 2.45) is 5.73 Å². The summed E-state index contributed by atoms with van der Waals surface area (Å²) in [5.74, 6) is -0.864. The van der Waals surface area contributed by atoms with Gasteiger partial charge in [-0.1, -0.05) is 0 Å². The number of carbonyl (C=O) groups excluding carboxylic acids is 1. The van der Waals surface area contributed by atoms with Gasteiger partial charge in [0.15, 0.2) is 0 Å². The molecule has 1 unspecified atom stereocenters. The molecular weight excluding hydrogens is 248 g/mol. The van der Waals surface area contributed by atoms with E-state index in [1.807, 2.05) is 13.8 Å². The fourth-order valence-electron chi connectivity index (χ4n) is 1.84. The van der Waals surface area contributed by atoms with Gasteiger partial charge in [0, 0.05) is 5.69 Å². The van der Waals surface area contributed by atoms with Gasteiger partial charge in [0.05, 0.1) is 13.5 Å². The van der Waals surface area contributed by atoms with Gasteiger partial charge in [0.2, 0.25) is 5.91 Å². The molecule has 0 saturated heterocycles. The van der Waals surface area contributed by atoms with Crippen molar-refractivity contribution >= 4 is 17.6 Å². The summed E-state index contributed by atoms with van der Waals surface area (Å²) in [5.41, 5.74) is 7.67. The zero-order valence-electron chi connectivity index (χ0n) is 11.2. The van der Waals surface area contributed by atoms with Crippen molar-refractivity contribution in [3.8, 4) is 5.75 Å². The van der Waals surface area contributed by atoms with E-state index in [2.05, 4.69) is 5.32 Å². The summed E-state index contributed by atoms with van der Waals surface area (Å²) in [6.07, 6.45) is -0.264. The number of nitrogens with two attached hydrogens (primary N) is 1. The third-order valence-electron chi connectivity index (χ3n) is 2.67. The molecule has 0 aromatic heterocycles. The topological polar surface area (TPSA) is 102 Å². The number of methoxy groups -OCH3 is 1. The molecule has 1 aromatic carbocycles. The molecule has 0 aliphatic carbocycles. The van der Waals surface area contributed by atoms with Crippen molar-refractivity contribution in [2.45, 2.75) is 26.3 Å². The minimum atomic E-state index is -1.20. The number of hydrogen-bond acceptors (Lipinski definition) is 4. The van der Waals surface area contributed by atoms with Gasteiger partial charge in [-0.3, -0.25) is 9.59 Å². The zero-order chi connectivity index (χ0) is 14.6. The predicted octanol–water partition coefficient (Wildman–Crippen LogP) is 1.05. The lowest BCUT2D eigenvalue weighted by molar-refractivity contribution is -0.140. The van der Waals surface area contributed by atoms with Crippen LogP contribution in [0.25, 0.3) is 0 Å². The van der Waals surface area contributed by atoms with Gasteiger partial charge in [-0.2, -0.15) is 0 Å². The van der Waals surface area contributed by atoms with Crippen LogP contribution >= 0.6 is 0 Å². The lowest BCUT2D eigenvalue weighted by Gasteiger charge is -2.13.